The third kappa shape index (κ3) is 1.83. The first-order valence-electron chi connectivity index (χ1n) is 3.29. The van der Waals surface area contributed by atoms with E-state index in [4.69, 9.17) is 0 Å². The fourth-order valence-electron chi connectivity index (χ4n) is 1.07. The highest BCUT2D eigenvalue weighted by Crippen LogP contribution is 2.12. The quantitative estimate of drug-likeness (QED) is 0.582. The average Bonchev–Trinajstić information content (AvgIpc) is 2.13. The van der Waals surface area contributed by atoms with Crippen LogP contribution in [0.5, 0.6) is 0 Å². The minimum absolute atomic E-state index is 0.0162. The topological polar surface area (TPSA) is 29.1 Å². The summed E-state index contributed by atoms with van der Waals surface area (Å²) in [5.74, 6) is -0.124. The molecule has 0 bridgehead atoms. The lowest BCUT2D eigenvalue weighted by molar-refractivity contribution is -0.119. The molecule has 0 radical (unpaired) electrons. The molecule has 3 heteroatoms. The zero-order valence-corrected chi connectivity index (χ0v) is 5.86. The molecule has 1 atom stereocenters. The minimum Gasteiger partial charge on any atom is -0.355 e. The molecule has 0 aliphatic carbocycles. The molecule has 0 unspecified atom stereocenters. The zero-order chi connectivity index (χ0) is 7.56. The molecule has 10 heavy (non-hydrogen) atoms. The van der Waals surface area contributed by atoms with Gasteiger partial charge in [-0.2, -0.15) is 0 Å². The van der Waals surface area contributed by atoms with Gasteiger partial charge in [-0.25, -0.2) is 4.39 Å². The Morgan fingerprint density at radius 2 is 2.60 bits per heavy atom. The number of carbonyl (C=O) groups is 1. The van der Waals surface area contributed by atoms with E-state index in [-0.39, 0.29) is 17.7 Å². The molecule has 1 rings (SSSR count). The Morgan fingerprint density at radius 1 is 1.90 bits per heavy atom. The minimum atomic E-state index is -0.207. The smallest absolute Gasteiger partial charge is 0.220 e. The Hall–Kier alpha value is -0.860. The van der Waals surface area contributed by atoms with Crippen LogP contribution in [0.3, 0.4) is 0 Å². The van der Waals surface area contributed by atoms with Crippen molar-refractivity contribution in [3.05, 3.63) is 11.9 Å². The first-order valence-corrected chi connectivity index (χ1v) is 3.29. The van der Waals surface area contributed by atoms with Crippen molar-refractivity contribution in [2.75, 3.05) is 6.54 Å². The van der Waals surface area contributed by atoms with Gasteiger partial charge in [-0.05, 0) is 13.0 Å². The summed E-state index contributed by atoms with van der Waals surface area (Å²) in [5, 5.41) is 2.62. The van der Waals surface area contributed by atoms with E-state index in [0.29, 0.717) is 13.0 Å². The largest absolute Gasteiger partial charge is 0.355 e. The lowest BCUT2D eigenvalue weighted by atomic mass is 10.1. The van der Waals surface area contributed by atoms with Crippen LogP contribution >= 0.6 is 0 Å². The van der Waals surface area contributed by atoms with Gasteiger partial charge >= 0.3 is 0 Å². The van der Waals surface area contributed by atoms with Crippen molar-refractivity contribution < 1.29 is 9.18 Å². The van der Waals surface area contributed by atoms with Gasteiger partial charge in [0.05, 0.1) is 5.83 Å². The molecule has 0 aromatic carbocycles. The molecular formula is C7H10FNO. The second kappa shape index (κ2) is 2.82. The average molecular weight is 143 g/mol. The first-order chi connectivity index (χ1) is 4.68. The van der Waals surface area contributed by atoms with Gasteiger partial charge < -0.3 is 5.32 Å². The van der Waals surface area contributed by atoms with E-state index in [1.54, 1.807) is 0 Å². The van der Waals surface area contributed by atoms with Crippen molar-refractivity contribution in [3.63, 3.8) is 0 Å². The van der Waals surface area contributed by atoms with Gasteiger partial charge in [0.25, 0.3) is 0 Å². The predicted molar refractivity (Wildman–Crippen MR) is 36.0 cm³/mol. The Labute approximate surface area is 59.1 Å². The summed E-state index contributed by atoms with van der Waals surface area (Å²) in [6, 6.07) is 0. The van der Waals surface area contributed by atoms with Crippen LogP contribution in [-0.2, 0) is 4.79 Å². The van der Waals surface area contributed by atoms with Crippen molar-refractivity contribution >= 4 is 5.91 Å². The Bertz CT molecular complexity index is 172. The van der Waals surface area contributed by atoms with Gasteiger partial charge in [0.15, 0.2) is 0 Å². The van der Waals surface area contributed by atoms with Crippen LogP contribution in [0.2, 0.25) is 0 Å². The normalized spacial score (nSPS) is 26.8. The fourth-order valence-corrected chi connectivity index (χ4v) is 1.07. The number of hydrogen-bond donors (Lipinski definition) is 1. The van der Waals surface area contributed by atoms with Crippen LogP contribution < -0.4 is 5.32 Å². The molecule has 1 amide bonds. The molecule has 1 aliphatic rings. The van der Waals surface area contributed by atoms with Crippen molar-refractivity contribution in [1.29, 1.82) is 0 Å². The molecule has 1 fully saturated rings. The maximum absolute atomic E-state index is 12.2. The second-order valence-corrected chi connectivity index (χ2v) is 2.52. The van der Waals surface area contributed by atoms with E-state index < -0.39 is 0 Å². The molecule has 0 aromatic rings. The number of hydrogen-bond acceptors (Lipinski definition) is 1. The number of amides is 1. The van der Waals surface area contributed by atoms with E-state index in [1.807, 2.05) is 0 Å². The first kappa shape index (κ1) is 7.25. The Balaban J connectivity index is 2.46. The van der Waals surface area contributed by atoms with E-state index >= 15 is 0 Å². The van der Waals surface area contributed by atoms with E-state index in [2.05, 4.69) is 5.32 Å². The van der Waals surface area contributed by atoms with Gasteiger partial charge in [-0.3, -0.25) is 4.79 Å². The molecular weight excluding hydrogens is 133 g/mol. The Morgan fingerprint density at radius 3 is 3.00 bits per heavy atom. The van der Waals surface area contributed by atoms with Crippen LogP contribution in [0.1, 0.15) is 13.3 Å². The highest BCUT2D eigenvalue weighted by Gasteiger charge is 2.18. The summed E-state index contributed by atoms with van der Waals surface area (Å²) in [7, 11) is 0. The lowest BCUT2D eigenvalue weighted by Crippen LogP contribution is -2.13. The molecule has 0 aromatic heterocycles. The van der Waals surface area contributed by atoms with Crippen LogP contribution in [0.25, 0.3) is 0 Å². The van der Waals surface area contributed by atoms with Gasteiger partial charge in [-0.15, -0.1) is 0 Å². The second-order valence-electron chi connectivity index (χ2n) is 2.52. The van der Waals surface area contributed by atoms with Gasteiger partial charge in [0.1, 0.15) is 0 Å². The van der Waals surface area contributed by atoms with E-state index in [9.17, 15) is 9.18 Å². The molecule has 0 spiro atoms. The summed E-state index contributed by atoms with van der Waals surface area (Å²) in [6.45, 7) is 1.98. The summed E-state index contributed by atoms with van der Waals surface area (Å²) in [5.41, 5.74) is 0. The maximum atomic E-state index is 12.2. The van der Waals surface area contributed by atoms with Crippen LogP contribution in [-0.4, -0.2) is 12.5 Å². The van der Waals surface area contributed by atoms with Gasteiger partial charge in [0.2, 0.25) is 5.91 Å². The molecule has 56 valence electrons. The molecule has 1 saturated heterocycles. The summed E-state index contributed by atoms with van der Waals surface area (Å²) < 4.78 is 12.2. The van der Waals surface area contributed by atoms with Crippen LogP contribution in [0.15, 0.2) is 11.9 Å². The maximum Gasteiger partial charge on any atom is 0.220 e. The number of halogens is 1. The van der Waals surface area contributed by atoms with Gasteiger partial charge in [0, 0.05) is 18.9 Å². The lowest BCUT2D eigenvalue weighted by Gasteiger charge is -1.96. The zero-order valence-electron chi connectivity index (χ0n) is 5.86. The summed E-state index contributed by atoms with van der Waals surface area (Å²) >= 11 is 0. The van der Waals surface area contributed by atoms with E-state index in [1.165, 1.54) is 13.0 Å². The third-order valence-corrected chi connectivity index (χ3v) is 1.47. The Kier molecular flexibility index (Phi) is 2.04. The van der Waals surface area contributed by atoms with Crippen molar-refractivity contribution in [2.24, 2.45) is 5.92 Å². The number of allylic oxidation sites excluding steroid dienone is 1. The molecule has 0 saturated carbocycles. The van der Waals surface area contributed by atoms with Crippen molar-refractivity contribution in [2.45, 2.75) is 13.3 Å². The number of carbonyl (C=O) groups excluding carboxylic acids is 1. The highest BCUT2D eigenvalue weighted by molar-refractivity contribution is 5.78. The SMILES string of the molecule is C/C(F)=C\[C@H]1CNC(=O)C1. The third-order valence-electron chi connectivity index (χ3n) is 1.47. The van der Waals surface area contributed by atoms with Gasteiger partial charge in [-0.1, -0.05) is 0 Å². The predicted octanol–water partition coefficient (Wildman–Crippen LogP) is 0.996. The fraction of sp³-hybridized carbons (Fsp3) is 0.571. The monoisotopic (exact) mass is 143 g/mol. The number of rotatable bonds is 1. The molecule has 1 heterocycles. The van der Waals surface area contributed by atoms with Crippen LogP contribution in [0, 0.1) is 5.92 Å². The van der Waals surface area contributed by atoms with Crippen LogP contribution in [0.4, 0.5) is 4.39 Å². The van der Waals surface area contributed by atoms with Crippen molar-refractivity contribution in [3.8, 4) is 0 Å². The van der Waals surface area contributed by atoms with Crippen molar-refractivity contribution in [1.82, 2.24) is 5.32 Å². The summed E-state index contributed by atoms with van der Waals surface area (Å²) in [4.78, 5) is 10.6. The number of nitrogens with one attached hydrogen (secondary N) is 1. The molecule has 1 aliphatic heterocycles. The standard InChI is InChI=1S/C7H10FNO/c1-5(8)2-6-3-7(10)9-4-6/h2,6H,3-4H2,1H3,(H,9,10)/b5-2+/t6-/m1/s1. The van der Waals surface area contributed by atoms with E-state index in [0.717, 1.165) is 0 Å². The molecule has 2 nitrogen and oxygen atoms in total. The summed E-state index contributed by atoms with van der Waals surface area (Å²) in [6.07, 6.45) is 1.92. The highest BCUT2D eigenvalue weighted by atomic mass is 19.1. The molecule has 1 N–H and O–H groups in total.